The van der Waals surface area contributed by atoms with Crippen LogP contribution in [0.5, 0.6) is 0 Å². The van der Waals surface area contributed by atoms with Crippen LogP contribution in [-0.2, 0) is 0 Å². The zero-order valence-corrected chi connectivity index (χ0v) is 8.06. The summed E-state index contributed by atoms with van der Waals surface area (Å²) in [6, 6.07) is 0. The lowest BCUT2D eigenvalue weighted by Crippen LogP contribution is -1.95. The van der Waals surface area contributed by atoms with E-state index in [1.165, 1.54) is 19.3 Å². The molecule has 0 aliphatic rings. The van der Waals surface area contributed by atoms with E-state index in [0.717, 1.165) is 18.0 Å². The summed E-state index contributed by atoms with van der Waals surface area (Å²) < 4.78 is 0. The average molecular weight is 155 g/mol. The van der Waals surface area contributed by atoms with E-state index in [-0.39, 0.29) is 0 Å². The Morgan fingerprint density at radius 1 is 1.55 bits per heavy atom. The third-order valence-electron chi connectivity index (χ3n) is 1.89. The predicted molar refractivity (Wildman–Crippen MR) is 51.3 cm³/mol. The van der Waals surface area contributed by atoms with Gasteiger partial charge in [-0.05, 0) is 19.3 Å². The minimum atomic E-state index is 0.799. The molecule has 1 nitrogen and oxygen atoms in total. The van der Waals surface area contributed by atoms with E-state index in [1.807, 2.05) is 6.92 Å². The summed E-state index contributed by atoms with van der Waals surface area (Å²) >= 11 is 0. The van der Waals surface area contributed by atoms with Crippen LogP contribution in [0.3, 0.4) is 0 Å². The average Bonchev–Trinajstić information content (AvgIpc) is 1.97. The van der Waals surface area contributed by atoms with E-state index < -0.39 is 0 Å². The molecule has 0 aromatic heterocycles. The Bertz CT molecular complexity index is 112. The first-order chi connectivity index (χ1) is 5.16. The normalized spacial score (nSPS) is 15.0. The molecular formula is C10H21N. The lowest BCUT2D eigenvalue weighted by molar-refractivity contribution is 0.511. The minimum absolute atomic E-state index is 0.799. The smallest absolute Gasteiger partial charge is 0.000843 e. The fourth-order valence-corrected chi connectivity index (χ4v) is 1.06. The summed E-state index contributed by atoms with van der Waals surface area (Å²) in [7, 11) is 0. The van der Waals surface area contributed by atoms with Crippen molar-refractivity contribution in [2.24, 2.45) is 11.7 Å². The van der Waals surface area contributed by atoms with Crippen molar-refractivity contribution in [1.29, 1.82) is 0 Å². The zero-order valence-electron chi connectivity index (χ0n) is 8.06. The monoisotopic (exact) mass is 155 g/mol. The van der Waals surface area contributed by atoms with Gasteiger partial charge in [0.1, 0.15) is 0 Å². The molecule has 0 spiro atoms. The van der Waals surface area contributed by atoms with E-state index >= 15 is 0 Å². The van der Waals surface area contributed by atoms with Gasteiger partial charge in [-0.3, -0.25) is 0 Å². The van der Waals surface area contributed by atoms with Gasteiger partial charge < -0.3 is 5.73 Å². The second-order valence-electron chi connectivity index (χ2n) is 3.43. The van der Waals surface area contributed by atoms with Gasteiger partial charge in [0.25, 0.3) is 0 Å². The van der Waals surface area contributed by atoms with Crippen molar-refractivity contribution in [3.63, 3.8) is 0 Å². The topological polar surface area (TPSA) is 26.0 Å². The van der Waals surface area contributed by atoms with E-state index in [9.17, 15) is 0 Å². The largest absolute Gasteiger partial charge is 0.403 e. The van der Waals surface area contributed by atoms with Crippen molar-refractivity contribution in [2.75, 3.05) is 0 Å². The quantitative estimate of drug-likeness (QED) is 0.648. The molecule has 1 heteroatoms. The maximum Gasteiger partial charge on any atom is 0.000843 e. The van der Waals surface area contributed by atoms with Crippen molar-refractivity contribution in [1.82, 2.24) is 0 Å². The highest BCUT2D eigenvalue weighted by Crippen LogP contribution is 2.12. The number of hydrogen-bond acceptors (Lipinski definition) is 1. The molecule has 66 valence electrons. The molecule has 0 aromatic rings. The molecule has 0 heterocycles. The fraction of sp³-hybridized carbons (Fsp3) is 0.800. The second kappa shape index (κ2) is 6.26. The molecule has 0 rings (SSSR count). The van der Waals surface area contributed by atoms with Gasteiger partial charge in [-0.1, -0.05) is 39.2 Å². The van der Waals surface area contributed by atoms with Crippen LogP contribution in [0.25, 0.3) is 0 Å². The first-order valence-electron chi connectivity index (χ1n) is 4.59. The van der Waals surface area contributed by atoms with Gasteiger partial charge in [0.15, 0.2) is 0 Å². The van der Waals surface area contributed by atoms with Crippen molar-refractivity contribution >= 4 is 0 Å². The van der Waals surface area contributed by atoms with E-state index in [2.05, 4.69) is 19.9 Å². The fourth-order valence-electron chi connectivity index (χ4n) is 1.06. The molecule has 0 aliphatic heterocycles. The Morgan fingerprint density at radius 2 is 2.18 bits per heavy atom. The van der Waals surface area contributed by atoms with Crippen molar-refractivity contribution in [3.8, 4) is 0 Å². The van der Waals surface area contributed by atoms with Crippen molar-refractivity contribution in [2.45, 2.75) is 46.5 Å². The van der Waals surface area contributed by atoms with Gasteiger partial charge in [-0.15, -0.1) is 0 Å². The zero-order chi connectivity index (χ0) is 8.69. The summed E-state index contributed by atoms with van der Waals surface area (Å²) in [6.45, 7) is 6.47. The SMILES string of the molecule is CCCCC(C)C/C=C(/C)N. The number of nitrogens with two attached hydrogens (primary N) is 1. The molecule has 0 radical (unpaired) electrons. The standard InChI is InChI=1S/C10H21N/c1-4-5-6-9(2)7-8-10(3)11/h8-9H,4-7,11H2,1-3H3/b10-8-. The Labute approximate surface area is 70.7 Å². The first-order valence-corrected chi connectivity index (χ1v) is 4.59. The predicted octanol–water partition coefficient (Wildman–Crippen LogP) is 3.07. The summed E-state index contributed by atoms with van der Waals surface area (Å²) in [4.78, 5) is 0. The van der Waals surface area contributed by atoms with Crippen molar-refractivity contribution in [3.05, 3.63) is 11.8 Å². The van der Waals surface area contributed by atoms with E-state index in [0.29, 0.717) is 0 Å². The van der Waals surface area contributed by atoms with Gasteiger partial charge in [-0.25, -0.2) is 0 Å². The van der Waals surface area contributed by atoms with Gasteiger partial charge in [0, 0.05) is 5.70 Å². The number of rotatable bonds is 5. The van der Waals surface area contributed by atoms with Gasteiger partial charge in [0.2, 0.25) is 0 Å². The molecule has 2 N–H and O–H groups in total. The van der Waals surface area contributed by atoms with E-state index in [4.69, 9.17) is 5.73 Å². The number of unbranched alkanes of at least 4 members (excludes halogenated alkanes) is 1. The Morgan fingerprint density at radius 3 is 2.64 bits per heavy atom. The highest BCUT2D eigenvalue weighted by molar-refractivity contribution is 4.91. The van der Waals surface area contributed by atoms with Crippen molar-refractivity contribution < 1.29 is 0 Å². The van der Waals surface area contributed by atoms with Crippen LogP contribution in [0.15, 0.2) is 11.8 Å². The van der Waals surface area contributed by atoms with Gasteiger partial charge >= 0.3 is 0 Å². The molecule has 0 aliphatic carbocycles. The molecular weight excluding hydrogens is 134 g/mol. The summed E-state index contributed by atoms with van der Waals surface area (Å²) in [6.07, 6.45) is 7.25. The molecule has 0 saturated heterocycles. The number of hydrogen-bond donors (Lipinski definition) is 1. The first kappa shape index (κ1) is 10.5. The minimum Gasteiger partial charge on any atom is -0.403 e. The van der Waals surface area contributed by atoms with Gasteiger partial charge in [0.05, 0.1) is 0 Å². The van der Waals surface area contributed by atoms with E-state index in [1.54, 1.807) is 0 Å². The third kappa shape index (κ3) is 7.44. The van der Waals surface area contributed by atoms with Crippen LogP contribution in [-0.4, -0.2) is 0 Å². The lowest BCUT2D eigenvalue weighted by Gasteiger charge is -2.06. The summed E-state index contributed by atoms with van der Waals surface area (Å²) in [5, 5.41) is 0. The molecule has 0 amide bonds. The van der Waals surface area contributed by atoms with Gasteiger partial charge in [-0.2, -0.15) is 0 Å². The molecule has 0 aromatic carbocycles. The summed E-state index contributed by atoms with van der Waals surface area (Å²) in [5.74, 6) is 0.799. The molecule has 1 unspecified atom stereocenters. The molecule has 0 fully saturated rings. The van der Waals surface area contributed by atoms with Crippen LogP contribution in [0, 0.1) is 5.92 Å². The van der Waals surface area contributed by atoms with Crippen LogP contribution in [0.1, 0.15) is 46.5 Å². The second-order valence-corrected chi connectivity index (χ2v) is 3.43. The maximum absolute atomic E-state index is 5.53. The highest BCUT2D eigenvalue weighted by atomic mass is 14.5. The Balaban J connectivity index is 3.36. The van der Waals surface area contributed by atoms with Crippen LogP contribution < -0.4 is 5.73 Å². The molecule has 11 heavy (non-hydrogen) atoms. The lowest BCUT2D eigenvalue weighted by atomic mass is 10.0. The number of allylic oxidation sites excluding steroid dienone is 2. The molecule has 1 atom stereocenters. The third-order valence-corrected chi connectivity index (χ3v) is 1.89. The highest BCUT2D eigenvalue weighted by Gasteiger charge is 1.97. The van der Waals surface area contributed by atoms with Crippen LogP contribution >= 0.6 is 0 Å². The Hall–Kier alpha value is -0.460. The summed E-state index contributed by atoms with van der Waals surface area (Å²) in [5.41, 5.74) is 6.48. The molecule has 0 bridgehead atoms. The van der Waals surface area contributed by atoms with Crippen LogP contribution in [0.2, 0.25) is 0 Å². The van der Waals surface area contributed by atoms with Crippen LogP contribution in [0.4, 0.5) is 0 Å². The molecule has 0 saturated carbocycles. The Kier molecular flexibility index (Phi) is 6.00. The maximum atomic E-state index is 5.53.